The van der Waals surface area contributed by atoms with Gasteiger partial charge in [0, 0.05) is 5.56 Å². The molecule has 2 aromatic rings. The third-order valence-corrected chi connectivity index (χ3v) is 3.28. The van der Waals surface area contributed by atoms with Gasteiger partial charge in [0.05, 0.1) is 5.56 Å². The van der Waals surface area contributed by atoms with Gasteiger partial charge in [-0.25, -0.2) is 4.79 Å². The molecule has 102 valence electrons. The summed E-state index contributed by atoms with van der Waals surface area (Å²) in [5.74, 6) is -0.395. The maximum absolute atomic E-state index is 11.9. The number of aliphatic hydroxyl groups is 1. The lowest BCUT2D eigenvalue weighted by Gasteiger charge is -2.12. The maximum atomic E-state index is 11.9. The molecule has 20 heavy (non-hydrogen) atoms. The summed E-state index contributed by atoms with van der Waals surface area (Å²) in [6, 6.07) is 16.2. The molecule has 1 heterocycles. The molecule has 2 atom stereocenters. The van der Waals surface area contributed by atoms with E-state index in [-0.39, 0.29) is 6.61 Å². The molecule has 0 amide bonds. The van der Waals surface area contributed by atoms with E-state index in [4.69, 9.17) is 9.47 Å². The fraction of sp³-hybridized carbons (Fsp3) is 0.188. The van der Waals surface area contributed by atoms with E-state index in [1.54, 1.807) is 30.3 Å². The molecule has 1 unspecified atom stereocenters. The SMILES string of the molecule is O=C(OC[C@@H]1OC(O)c2ccccc21)c1ccccc1. The highest BCUT2D eigenvalue weighted by molar-refractivity contribution is 5.89. The van der Waals surface area contributed by atoms with Crippen molar-refractivity contribution in [2.45, 2.75) is 12.4 Å². The van der Waals surface area contributed by atoms with Gasteiger partial charge in [0.2, 0.25) is 0 Å². The van der Waals surface area contributed by atoms with E-state index in [9.17, 15) is 9.90 Å². The molecule has 2 aromatic carbocycles. The van der Waals surface area contributed by atoms with Gasteiger partial charge in [-0.3, -0.25) is 0 Å². The smallest absolute Gasteiger partial charge is 0.338 e. The van der Waals surface area contributed by atoms with Crippen LogP contribution in [-0.2, 0) is 9.47 Å². The Labute approximate surface area is 116 Å². The van der Waals surface area contributed by atoms with Gasteiger partial charge in [0.15, 0.2) is 6.29 Å². The Morgan fingerprint density at radius 1 is 1.05 bits per heavy atom. The Bertz CT molecular complexity index is 609. The van der Waals surface area contributed by atoms with Crippen LogP contribution in [0.5, 0.6) is 0 Å². The second kappa shape index (κ2) is 5.45. The summed E-state index contributed by atoms with van der Waals surface area (Å²) in [4.78, 5) is 11.9. The highest BCUT2D eigenvalue weighted by Crippen LogP contribution is 2.37. The average molecular weight is 270 g/mol. The molecule has 0 aliphatic carbocycles. The number of rotatable bonds is 3. The van der Waals surface area contributed by atoms with Crippen LogP contribution in [0.4, 0.5) is 0 Å². The molecule has 4 nitrogen and oxygen atoms in total. The minimum atomic E-state index is -0.952. The van der Waals surface area contributed by atoms with Crippen LogP contribution >= 0.6 is 0 Å². The summed E-state index contributed by atoms with van der Waals surface area (Å²) < 4.78 is 10.6. The van der Waals surface area contributed by atoms with Crippen LogP contribution < -0.4 is 0 Å². The second-order valence-corrected chi connectivity index (χ2v) is 4.57. The minimum Gasteiger partial charge on any atom is -0.459 e. The number of fused-ring (bicyclic) bond motifs is 1. The van der Waals surface area contributed by atoms with Crippen LogP contribution in [0, 0.1) is 0 Å². The molecule has 0 fully saturated rings. The number of carbonyl (C=O) groups excluding carboxylic acids is 1. The van der Waals surface area contributed by atoms with E-state index in [2.05, 4.69) is 0 Å². The molecule has 0 saturated carbocycles. The fourth-order valence-electron chi connectivity index (χ4n) is 2.27. The molecular weight excluding hydrogens is 256 g/mol. The summed E-state index contributed by atoms with van der Waals surface area (Å²) in [7, 11) is 0. The quantitative estimate of drug-likeness (QED) is 0.871. The summed E-state index contributed by atoms with van der Waals surface area (Å²) in [5, 5.41) is 9.77. The Kier molecular flexibility index (Phi) is 3.50. The topological polar surface area (TPSA) is 55.8 Å². The predicted octanol–water partition coefficient (Wildman–Crippen LogP) is 2.61. The lowest BCUT2D eigenvalue weighted by molar-refractivity contribution is -0.132. The van der Waals surface area contributed by atoms with Crippen LogP contribution in [0.3, 0.4) is 0 Å². The van der Waals surface area contributed by atoms with E-state index in [0.29, 0.717) is 5.56 Å². The molecule has 0 saturated heterocycles. The lowest BCUT2D eigenvalue weighted by Crippen LogP contribution is -2.12. The molecule has 0 bridgehead atoms. The normalized spacial score (nSPS) is 20.4. The maximum Gasteiger partial charge on any atom is 0.338 e. The van der Waals surface area contributed by atoms with E-state index in [1.807, 2.05) is 24.3 Å². The van der Waals surface area contributed by atoms with Crippen molar-refractivity contribution in [3.05, 3.63) is 71.3 Å². The first-order valence-electron chi connectivity index (χ1n) is 6.40. The highest BCUT2D eigenvalue weighted by Gasteiger charge is 2.30. The van der Waals surface area contributed by atoms with Crippen molar-refractivity contribution in [3.63, 3.8) is 0 Å². The van der Waals surface area contributed by atoms with Gasteiger partial charge in [-0.2, -0.15) is 0 Å². The van der Waals surface area contributed by atoms with Crippen molar-refractivity contribution in [2.75, 3.05) is 6.61 Å². The zero-order valence-electron chi connectivity index (χ0n) is 10.7. The standard InChI is InChI=1S/C16H14O4/c17-15(11-6-2-1-3-7-11)19-10-14-12-8-4-5-9-13(12)16(18)20-14/h1-9,14,16,18H,10H2/t14-,16?/m0/s1. The van der Waals surface area contributed by atoms with Crippen LogP contribution in [-0.4, -0.2) is 17.7 Å². The van der Waals surface area contributed by atoms with Gasteiger partial charge in [0.1, 0.15) is 12.7 Å². The van der Waals surface area contributed by atoms with Gasteiger partial charge < -0.3 is 14.6 Å². The van der Waals surface area contributed by atoms with Gasteiger partial charge in [-0.15, -0.1) is 0 Å². The van der Waals surface area contributed by atoms with Crippen LogP contribution in [0.1, 0.15) is 33.9 Å². The van der Waals surface area contributed by atoms with Gasteiger partial charge in [0.25, 0.3) is 0 Å². The van der Waals surface area contributed by atoms with Gasteiger partial charge in [-0.1, -0.05) is 42.5 Å². The van der Waals surface area contributed by atoms with Crippen molar-refractivity contribution >= 4 is 5.97 Å². The Balaban J connectivity index is 1.67. The summed E-state index contributed by atoms with van der Waals surface area (Å²) in [6.07, 6.45) is -1.37. The molecule has 0 aromatic heterocycles. The first kappa shape index (κ1) is 12.8. The monoisotopic (exact) mass is 270 g/mol. The first-order chi connectivity index (χ1) is 9.75. The molecule has 0 radical (unpaired) electrons. The number of carbonyl (C=O) groups is 1. The molecule has 4 heteroatoms. The first-order valence-corrected chi connectivity index (χ1v) is 6.40. The third kappa shape index (κ3) is 2.43. The Morgan fingerprint density at radius 3 is 2.45 bits per heavy atom. The third-order valence-electron chi connectivity index (χ3n) is 3.28. The van der Waals surface area contributed by atoms with Crippen molar-refractivity contribution < 1.29 is 19.4 Å². The van der Waals surface area contributed by atoms with Crippen molar-refractivity contribution in [2.24, 2.45) is 0 Å². The van der Waals surface area contributed by atoms with Gasteiger partial charge in [-0.05, 0) is 17.7 Å². The molecule has 1 aliphatic heterocycles. The van der Waals surface area contributed by atoms with Crippen molar-refractivity contribution in [3.8, 4) is 0 Å². The largest absolute Gasteiger partial charge is 0.459 e. The summed E-state index contributed by atoms with van der Waals surface area (Å²) >= 11 is 0. The average Bonchev–Trinajstić information content (AvgIpc) is 2.83. The van der Waals surface area contributed by atoms with E-state index < -0.39 is 18.4 Å². The zero-order chi connectivity index (χ0) is 13.9. The van der Waals surface area contributed by atoms with Gasteiger partial charge >= 0.3 is 5.97 Å². The molecule has 3 rings (SSSR count). The highest BCUT2D eigenvalue weighted by atomic mass is 16.6. The number of hydrogen-bond donors (Lipinski definition) is 1. The number of esters is 1. The minimum absolute atomic E-state index is 0.0851. The van der Waals surface area contributed by atoms with E-state index >= 15 is 0 Å². The predicted molar refractivity (Wildman–Crippen MR) is 72.0 cm³/mol. The van der Waals surface area contributed by atoms with Crippen LogP contribution in [0.25, 0.3) is 0 Å². The summed E-state index contributed by atoms with van der Waals surface area (Å²) in [5.41, 5.74) is 2.09. The van der Waals surface area contributed by atoms with Crippen LogP contribution in [0.2, 0.25) is 0 Å². The van der Waals surface area contributed by atoms with Crippen molar-refractivity contribution in [1.82, 2.24) is 0 Å². The Hall–Kier alpha value is -2.17. The number of hydrogen-bond acceptors (Lipinski definition) is 4. The summed E-state index contributed by atoms with van der Waals surface area (Å²) in [6.45, 7) is 0.0851. The number of aliphatic hydroxyl groups excluding tert-OH is 1. The Morgan fingerprint density at radius 2 is 1.70 bits per heavy atom. The fourth-order valence-corrected chi connectivity index (χ4v) is 2.27. The lowest BCUT2D eigenvalue weighted by atomic mass is 10.1. The number of ether oxygens (including phenoxy) is 2. The van der Waals surface area contributed by atoms with Crippen LogP contribution in [0.15, 0.2) is 54.6 Å². The van der Waals surface area contributed by atoms with Crippen molar-refractivity contribution in [1.29, 1.82) is 0 Å². The molecule has 1 N–H and O–H groups in total. The second-order valence-electron chi connectivity index (χ2n) is 4.57. The number of benzene rings is 2. The molecule has 1 aliphatic rings. The van der Waals surface area contributed by atoms with E-state index in [0.717, 1.165) is 11.1 Å². The molecular formula is C16H14O4. The zero-order valence-corrected chi connectivity index (χ0v) is 10.7. The van der Waals surface area contributed by atoms with E-state index in [1.165, 1.54) is 0 Å². The molecule has 0 spiro atoms.